The maximum Gasteiger partial charge on any atom is 0.358 e. The molecule has 0 saturated carbocycles. The number of carbonyl (C=O) groups is 1. The summed E-state index contributed by atoms with van der Waals surface area (Å²) in [6.45, 7) is 2.60. The standard InChI is InChI=1S/C13H19N3O3/c1-16(9-10-3-5-19-6-4-10)12-8-14-11(7-15-12)13(17)18-2/h7-8,10H,3-6,9H2,1-2H3. The average molecular weight is 265 g/mol. The van der Waals surface area contributed by atoms with E-state index in [1.807, 2.05) is 7.05 Å². The number of hydrogen-bond acceptors (Lipinski definition) is 6. The zero-order valence-corrected chi connectivity index (χ0v) is 11.3. The van der Waals surface area contributed by atoms with Gasteiger partial charge in [-0.15, -0.1) is 0 Å². The summed E-state index contributed by atoms with van der Waals surface area (Å²) < 4.78 is 9.93. The van der Waals surface area contributed by atoms with Gasteiger partial charge in [0.1, 0.15) is 5.82 Å². The van der Waals surface area contributed by atoms with Gasteiger partial charge in [0.15, 0.2) is 5.69 Å². The quantitative estimate of drug-likeness (QED) is 0.760. The molecule has 0 aliphatic carbocycles. The van der Waals surface area contributed by atoms with Gasteiger partial charge in [-0.1, -0.05) is 0 Å². The smallest absolute Gasteiger partial charge is 0.358 e. The lowest BCUT2D eigenvalue weighted by Crippen LogP contribution is -2.30. The Hall–Kier alpha value is -1.69. The number of hydrogen-bond donors (Lipinski definition) is 0. The van der Waals surface area contributed by atoms with E-state index in [2.05, 4.69) is 19.6 Å². The van der Waals surface area contributed by atoms with Crippen molar-refractivity contribution in [2.45, 2.75) is 12.8 Å². The maximum absolute atomic E-state index is 11.3. The van der Waals surface area contributed by atoms with E-state index in [-0.39, 0.29) is 5.69 Å². The van der Waals surface area contributed by atoms with Gasteiger partial charge in [0.05, 0.1) is 19.5 Å². The number of nitrogens with zero attached hydrogens (tertiary/aromatic N) is 3. The summed E-state index contributed by atoms with van der Waals surface area (Å²) in [5, 5.41) is 0. The molecule has 0 atom stereocenters. The molecule has 6 nitrogen and oxygen atoms in total. The zero-order valence-electron chi connectivity index (χ0n) is 11.3. The maximum atomic E-state index is 11.3. The Labute approximate surface area is 112 Å². The minimum absolute atomic E-state index is 0.228. The average Bonchev–Trinajstić information content (AvgIpc) is 2.47. The van der Waals surface area contributed by atoms with Crippen molar-refractivity contribution < 1.29 is 14.3 Å². The van der Waals surface area contributed by atoms with E-state index >= 15 is 0 Å². The first kappa shape index (κ1) is 13.7. The third-order valence-electron chi connectivity index (χ3n) is 3.30. The Balaban J connectivity index is 1.94. The second kappa shape index (κ2) is 6.47. The second-order valence-corrected chi connectivity index (χ2v) is 4.69. The van der Waals surface area contributed by atoms with Crippen molar-refractivity contribution in [3.8, 4) is 0 Å². The van der Waals surface area contributed by atoms with Crippen LogP contribution >= 0.6 is 0 Å². The van der Waals surface area contributed by atoms with Crippen molar-refractivity contribution in [1.82, 2.24) is 9.97 Å². The van der Waals surface area contributed by atoms with Crippen LogP contribution in [0.4, 0.5) is 5.82 Å². The van der Waals surface area contributed by atoms with Crippen molar-refractivity contribution >= 4 is 11.8 Å². The third kappa shape index (κ3) is 3.64. The van der Waals surface area contributed by atoms with Gasteiger partial charge in [-0.3, -0.25) is 0 Å². The van der Waals surface area contributed by atoms with Crippen LogP contribution in [0.2, 0.25) is 0 Å². The van der Waals surface area contributed by atoms with Gasteiger partial charge in [-0.25, -0.2) is 14.8 Å². The fourth-order valence-electron chi connectivity index (χ4n) is 2.14. The first-order valence-corrected chi connectivity index (χ1v) is 6.40. The van der Waals surface area contributed by atoms with Crippen molar-refractivity contribution in [1.29, 1.82) is 0 Å². The minimum atomic E-state index is -0.467. The summed E-state index contributed by atoms with van der Waals surface area (Å²) >= 11 is 0. The molecule has 1 aliphatic rings. The van der Waals surface area contributed by atoms with Crippen LogP contribution in [0, 0.1) is 5.92 Å². The van der Waals surface area contributed by atoms with Crippen molar-refractivity contribution in [2.24, 2.45) is 5.92 Å². The molecule has 2 rings (SSSR count). The molecule has 2 heterocycles. The highest BCUT2D eigenvalue weighted by atomic mass is 16.5. The van der Waals surface area contributed by atoms with Crippen molar-refractivity contribution in [3.05, 3.63) is 18.1 Å². The van der Waals surface area contributed by atoms with Crippen LogP contribution in [0.25, 0.3) is 0 Å². The van der Waals surface area contributed by atoms with Crippen LogP contribution in [-0.4, -0.2) is 49.9 Å². The second-order valence-electron chi connectivity index (χ2n) is 4.69. The molecule has 1 aromatic heterocycles. The zero-order chi connectivity index (χ0) is 13.7. The number of rotatable bonds is 4. The number of anilines is 1. The predicted molar refractivity (Wildman–Crippen MR) is 70.2 cm³/mol. The van der Waals surface area contributed by atoms with Crippen molar-refractivity contribution in [2.75, 3.05) is 38.8 Å². The molecule has 0 aromatic carbocycles. The Bertz CT molecular complexity index is 416. The lowest BCUT2D eigenvalue weighted by Gasteiger charge is -2.27. The molecule has 0 amide bonds. The van der Waals surface area contributed by atoms with Crippen LogP contribution in [-0.2, 0) is 9.47 Å². The summed E-state index contributed by atoms with van der Waals surface area (Å²) in [5.41, 5.74) is 0.228. The lowest BCUT2D eigenvalue weighted by atomic mass is 10.00. The molecule has 0 bridgehead atoms. The van der Waals surface area contributed by atoms with E-state index in [0.29, 0.717) is 5.92 Å². The highest BCUT2D eigenvalue weighted by molar-refractivity contribution is 5.86. The summed E-state index contributed by atoms with van der Waals surface area (Å²) in [5.74, 6) is 0.922. The minimum Gasteiger partial charge on any atom is -0.464 e. The normalized spacial score (nSPS) is 16.1. The monoisotopic (exact) mass is 265 g/mol. The van der Waals surface area contributed by atoms with Crippen LogP contribution in [0.15, 0.2) is 12.4 Å². The van der Waals surface area contributed by atoms with Crippen molar-refractivity contribution in [3.63, 3.8) is 0 Å². The fourth-order valence-corrected chi connectivity index (χ4v) is 2.14. The third-order valence-corrected chi connectivity index (χ3v) is 3.30. The molecule has 0 radical (unpaired) electrons. The summed E-state index contributed by atoms with van der Waals surface area (Å²) in [6, 6.07) is 0. The SMILES string of the molecule is COC(=O)c1cnc(N(C)CC2CCOCC2)cn1. The van der Waals surface area contributed by atoms with Crippen LogP contribution in [0.5, 0.6) is 0 Å². The Kier molecular flexibility index (Phi) is 4.68. The van der Waals surface area contributed by atoms with Gasteiger partial charge in [0, 0.05) is 26.8 Å². The largest absolute Gasteiger partial charge is 0.464 e. The molecule has 19 heavy (non-hydrogen) atoms. The van der Waals surface area contributed by atoms with Gasteiger partial charge < -0.3 is 14.4 Å². The van der Waals surface area contributed by atoms with E-state index in [9.17, 15) is 4.79 Å². The van der Waals surface area contributed by atoms with Gasteiger partial charge in [0.25, 0.3) is 0 Å². The van der Waals surface area contributed by atoms with Gasteiger partial charge in [-0.2, -0.15) is 0 Å². The molecule has 6 heteroatoms. The molecule has 104 valence electrons. The Morgan fingerprint density at radius 1 is 1.42 bits per heavy atom. The van der Waals surface area contributed by atoms with E-state index in [1.165, 1.54) is 13.3 Å². The summed E-state index contributed by atoms with van der Waals surface area (Å²) in [7, 11) is 3.31. The summed E-state index contributed by atoms with van der Waals surface area (Å²) in [6.07, 6.45) is 5.21. The number of carbonyl (C=O) groups excluding carboxylic acids is 1. The van der Waals surface area contributed by atoms with Gasteiger partial charge in [0.2, 0.25) is 0 Å². The lowest BCUT2D eigenvalue weighted by molar-refractivity contribution is 0.0593. The Morgan fingerprint density at radius 3 is 2.74 bits per heavy atom. The molecule has 0 N–H and O–H groups in total. The number of ether oxygens (including phenoxy) is 2. The van der Waals surface area contributed by atoms with E-state index < -0.39 is 5.97 Å². The molecule has 0 unspecified atom stereocenters. The fraction of sp³-hybridized carbons (Fsp3) is 0.615. The molecule has 1 aliphatic heterocycles. The van der Waals surface area contributed by atoms with E-state index in [1.54, 1.807) is 6.20 Å². The first-order chi connectivity index (χ1) is 9.20. The molecular formula is C13H19N3O3. The highest BCUT2D eigenvalue weighted by Crippen LogP contribution is 2.18. The van der Waals surface area contributed by atoms with Crippen LogP contribution in [0.3, 0.4) is 0 Å². The molecule has 0 spiro atoms. The Morgan fingerprint density at radius 2 is 2.16 bits per heavy atom. The molecule has 1 fully saturated rings. The van der Waals surface area contributed by atoms with E-state index in [0.717, 1.165) is 38.4 Å². The van der Waals surface area contributed by atoms with Gasteiger partial charge in [-0.05, 0) is 18.8 Å². The summed E-state index contributed by atoms with van der Waals surface area (Å²) in [4.78, 5) is 21.6. The predicted octanol–water partition coefficient (Wildman–Crippen LogP) is 1.13. The number of esters is 1. The highest BCUT2D eigenvalue weighted by Gasteiger charge is 2.17. The van der Waals surface area contributed by atoms with Crippen LogP contribution < -0.4 is 4.90 Å². The van der Waals surface area contributed by atoms with Crippen LogP contribution in [0.1, 0.15) is 23.3 Å². The molecule has 1 saturated heterocycles. The number of methoxy groups -OCH3 is 1. The molecule has 1 aromatic rings. The topological polar surface area (TPSA) is 64.5 Å². The molecular weight excluding hydrogens is 246 g/mol. The first-order valence-electron chi connectivity index (χ1n) is 6.40. The number of aromatic nitrogens is 2. The van der Waals surface area contributed by atoms with E-state index in [4.69, 9.17) is 4.74 Å². The van der Waals surface area contributed by atoms with Gasteiger partial charge >= 0.3 is 5.97 Å².